The fraction of sp³-hybridized carbons (Fsp3) is 0.500. The topological polar surface area (TPSA) is 95.4 Å². The van der Waals surface area contributed by atoms with Crippen molar-refractivity contribution in [3.63, 3.8) is 0 Å². The van der Waals surface area contributed by atoms with Crippen molar-refractivity contribution in [2.45, 2.75) is 45.6 Å². The lowest BCUT2D eigenvalue weighted by Gasteiger charge is -2.06. The summed E-state index contributed by atoms with van der Waals surface area (Å²) in [6.45, 7) is 4.63. The second-order valence-electron chi connectivity index (χ2n) is 4.97. The minimum Gasteiger partial charge on any atom is -0.393 e. The summed E-state index contributed by atoms with van der Waals surface area (Å²) in [5.74, 6) is -0.775. The number of hydrogen-bond acceptors (Lipinski definition) is 5. The normalized spacial score (nSPS) is 13.6. The maximum Gasteiger partial charge on any atom is 0.313 e. The summed E-state index contributed by atoms with van der Waals surface area (Å²) in [4.78, 5) is 20.5. The summed E-state index contributed by atoms with van der Waals surface area (Å²) >= 11 is 0. The molecule has 0 unspecified atom stereocenters. The van der Waals surface area contributed by atoms with Crippen LogP contribution < -0.4 is 11.5 Å². The van der Waals surface area contributed by atoms with Crippen LogP contribution in [0.5, 0.6) is 0 Å². The van der Waals surface area contributed by atoms with Crippen LogP contribution in [0.2, 0.25) is 0 Å². The van der Waals surface area contributed by atoms with E-state index in [4.69, 9.17) is 11.5 Å². The largest absolute Gasteiger partial charge is 0.393 e. The van der Waals surface area contributed by atoms with Crippen molar-refractivity contribution in [2.24, 2.45) is 11.5 Å². The molecule has 0 bridgehead atoms. The minimum absolute atomic E-state index is 0.333. The molecule has 21 heavy (non-hydrogen) atoms. The zero-order valence-corrected chi connectivity index (χ0v) is 12.9. The lowest BCUT2D eigenvalue weighted by atomic mass is 10.2. The highest BCUT2D eigenvalue weighted by Gasteiger charge is 2.15. The van der Waals surface area contributed by atoms with Crippen molar-refractivity contribution in [3.05, 3.63) is 35.9 Å². The lowest BCUT2D eigenvalue weighted by molar-refractivity contribution is -0.163. The Bertz CT molecular complexity index is 388. The Morgan fingerprint density at radius 2 is 1.57 bits per heavy atom. The van der Waals surface area contributed by atoms with Crippen molar-refractivity contribution in [1.29, 1.82) is 0 Å². The van der Waals surface area contributed by atoms with Gasteiger partial charge in [-0.25, -0.2) is 0 Å². The van der Waals surface area contributed by atoms with Crippen molar-refractivity contribution in [1.82, 2.24) is 0 Å². The molecule has 1 heterocycles. The quantitative estimate of drug-likeness (QED) is 0.640. The molecule has 0 atom stereocenters. The molecule has 0 amide bonds. The molecule has 1 aromatic rings. The molecule has 0 aliphatic carbocycles. The van der Waals surface area contributed by atoms with Gasteiger partial charge < -0.3 is 16.2 Å². The van der Waals surface area contributed by atoms with Crippen LogP contribution in [0.1, 0.15) is 38.7 Å². The van der Waals surface area contributed by atoms with E-state index in [1.54, 1.807) is 0 Å². The lowest BCUT2D eigenvalue weighted by Crippen LogP contribution is -2.17. The molecule has 1 aromatic carbocycles. The van der Waals surface area contributed by atoms with Crippen LogP contribution in [0, 0.1) is 0 Å². The van der Waals surface area contributed by atoms with Crippen LogP contribution in [0.25, 0.3) is 0 Å². The van der Waals surface area contributed by atoms with Gasteiger partial charge in [0, 0.05) is 12.8 Å². The molecule has 5 nitrogen and oxygen atoms in total. The number of cyclic esters (lactones) is 2. The fourth-order valence-corrected chi connectivity index (χ4v) is 1.42. The standard InChI is InChI=1S/C8H11N.C5H6O3.C3H9N/c9-7-6-8-4-2-1-3-5-8;6-4-2-1-3-5(7)8-4;1-3(2)4/h1-5H,6-7,9H2;1-3H2;3H,4H2,1-2H3. The second kappa shape index (κ2) is 12.1. The van der Waals surface area contributed by atoms with Crippen LogP contribution in [-0.4, -0.2) is 24.5 Å². The minimum atomic E-state index is -0.388. The van der Waals surface area contributed by atoms with E-state index in [1.807, 2.05) is 32.0 Å². The van der Waals surface area contributed by atoms with Crippen LogP contribution in [0.3, 0.4) is 0 Å². The van der Waals surface area contributed by atoms with Gasteiger partial charge >= 0.3 is 11.9 Å². The first-order valence-electron chi connectivity index (χ1n) is 7.18. The van der Waals surface area contributed by atoms with E-state index in [0.29, 0.717) is 25.3 Å². The molecule has 1 fully saturated rings. The van der Waals surface area contributed by atoms with Gasteiger partial charge in [0.25, 0.3) is 0 Å². The molecular formula is C16H26N2O3. The van der Waals surface area contributed by atoms with Crippen LogP contribution >= 0.6 is 0 Å². The summed E-state index contributed by atoms with van der Waals surface area (Å²) in [5, 5.41) is 0. The Labute approximate surface area is 126 Å². The number of hydrogen-bond donors (Lipinski definition) is 2. The Kier molecular flexibility index (Phi) is 11.1. The van der Waals surface area contributed by atoms with Crippen LogP contribution in [-0.2, 0) is 20.7 Å². The fourth-order valence-electron chi connectivity index (χ4n) is 1.42. The summed E-state index contributed by atoms with van der Waals surface area (Å²) in [7, 11) is 0. The smallest absolute Gasteiger partial charge is 0.313 e. The van der Waals surface area contributed by atoms with Gasteiger partial charge in [0.2, 0.25) is 0 Å². The van der Waals surface area contributed by atoms with E-state index in [1.165, 1.54) is 5.56 Å². The van der Waals surface area contributed by atoms with Crippen molar-refractivity contribution >= 4 is 11.9 Å². The molecule has 1 aliphatic rings. The van der Waals surface area contributed by atoms with Gasteiger partial charge in [-0.2, -0.15) is 0 Å². The third-order valence-electron chi connectivity index (χ3n) is 2.27. The third kappa shape index (κ3) is 13.0. The van der Waals surface area contributed by atoms with Gasteiger partial charge in [-0.1, -0.05) is 44.2 Å². The summed E-state index contributed by atoms with van der Waals surface area (Å²) < 4.78 is 4.21. The molecule has 0 saturated carbocycles. The Morgan fingerprint density at radius 3 is 1.90 bits per heavy atom. The van der Waals surface area contributed by atoms with Gasteiger partial charge in [-0.05, 0) is 31.0 Å². The van der Waals surface area contributed by atoms with Crippen LogP contribution in [0.4, 0.5) is 0 Å². The first kappa shape index (κ1) is 19.3. The molecular weight excluding hydrogens is 268 g/mol. The van der Waals surface area contributed by atoms with Gasteiger partial charge in [0.15, 0.2) is 0 Å². The number of carbonyl (C=O) groups is 2. The highest BCUT2D eigenvalue weighted by molar-refractivity contribution is 5.87. The number of ether oxygens (including phenoxy) is 1. The molecule has 1 saturated heterocycles. The van der Waals surface area contributed by atoms with Gasteiger partial charge in [-0.15, -0.1) is 0 Å². The number of carbonyl (C=O) groups excluding carboxylic acids is 2. The summed E-state index contributed by atoms with van der Waals surface area (Å²) in [6, 6.07) is 10.6. The summed E-state index contributed by atoms with van der Waals surface area (Å²) in [6.07, 6.45) is 2.43. The van der Waals surface area contributed by atoms with E-state index in [9.17, 15) is 9.59 Å². The van der Waals surface area contributed by atoms with Crippen molar-refractivity contribution in [2.75, 3.05) is 6.54 Å². The average Bonchev–Trinajstić information content (AvgIpc) is 2.40. The molecule has 0 spiro atoms. The first-order valence-corrected chi connectivity index (χ1v) is 7.18. The molecule has 2 rings (SSSR count). The third-order valence-corrected chi connectivity index (χ3v) is 2.27. The monoisotopic (exact) mass is 294 g/mol. The van der Waals surface area contributed by atoms with E-state index < -0.39 is 0 Å². The highest BCUT2D eigenvalue weighted by atomic mass is 16.6. The van der Waals surface area contributed by atoms with Crippen molar-refractivity contribution in [3.8, 4) is 0 Å². The number of esters is 2. The molecule has 5 heteroatoms. The maximum absolute atomic E-state index is 10.2. The Hall–Kier alpha value is -1.72. The SMILES string of the molecule is CC(C)N.NCCc1ccccc1.O=C1CCCC(=O)O1. The molecule has 4 N–H and O–H groups in total. The number of nitrogens with two attached hydrogens (primary N) is 2. The molecule has 0 aromatic heterocycles. The molecule has 118 valence electrons. The predicted molar refractivity (Wildman–Crippen MR) is 83.5 cm³/mol. The Balaban J connectivity index is 0.000000308. The first-order chi connectivity index (χ1) is 9.95. The van der Waals surface area contributed by atoms with E-state index in [-0.39, 0.29) is 11.9 Å². The number of benzene rings is 1. The predicted octanol–water partition coefficient (Wildman–Crippen LogP) is 1.78. The van der Waals surface area contributed by atoms with E-state index in [2.05, 4.69) is 16.9 Å². The Morgan fingerprint density at radius 1 is 1.10 bits per heavy atom. The molecule has 1 aliphatic heterocycles. The zero-order chi connectivity index (χ0) is 16.1. The average molecular weight is 294 g/mol. The van der Waals surface area contributed by atoms with Crippen LogP contribution in [0.15, 0.2) is 30.3 Å². The van der Waals surface area contributed by atoms with Gasteiger partial charge in [-0.3, -0.25) is 9.59 Å². The maximum atomic E-state index is 10.2. The highest BCUT2D eigenvalue weighted by Crippen LogP contribution is 2.06. The molecule has 0 radical (unpaired) electrons. The summed E-state index contributed by atoms with van der Waals surface area (Å²) in [5.41, 5.74) is 11.8. The second-order valence-corrected chi connectivity index (χ2v) is 4.97. The number of rotatable bonds is 2. The van der Waals surface area contributed by atoms with Gasteiger partial charge in [0.1, 0.15) is 0 Å². The van der Waals surface area contributed by atoms with Crippen molar-refractivity contribution < 1.29 is 14.3 Å². The van der Waals surface area contributed by atoms with E-state index in [0.717, 1.165) is 13.0 Å². The van der Waals surface area contributed by atoms with E-state index >= 15 is 0 Å². The van der Waals surface area contributed by atoms with Gasteiger partial charge in [0.05, 0.1) is 0 Å². The zero-order valence-electron chi connectivity index (χ0n) is 12.9.